The van der Waals surface area contributed by atoms with Gasteiger partial charge in [-0.05, 0) is 42.3 Å². The number of benzene rings is 1. The van der Waals surface area contributed by atoms with Gasteiger partial charge in [0.25, 0.3) is 5.91 Å². The molecular formula is C18H23ClN4O4. The molecule has 3 amide bonds. The summed E-state index contributed by atoms with van der Waals surface area (Å²) in [4.78, 5) is 35.5. The van der Waals surface area contributed by atoms with Gasteiger partial charge in [-0.1, -0.05) is 13.8 Å². The van der Waals surface area contributed by atoms with Crippen molar-refractivity contribution in [1.29, 1.82) is 0 Å². The molecule has 0 saturated carbocycles. The molecule has 8 nitrogen and oxygen atoms in total. The van der Waals surface area contributed by atoms with Crippen LogP contribution in [0.4, 0.5) is 11.4 Å². The Morgan fingerprint density at radius 3 is 2.15 bits per heavy atom. The number of nitrogens with one attached hydrogen (secondary N) is 3. The number of carbonyl (C=O) groups excluding carboxylic acids is 3. The van der Waals surface area contributed by atoms with E-state index in [2.05, 4.69) is 16.0 Å². The first-order valence-electron chi connectivity index (χ1n) is 8.15. The van der Waals surface area contributed by atoms with E-state index in [0.29, 0.717) is 11.4 Å². The largest absolute Gasteiger partial charge is 0.459 e. The van der Waals surface area contributed by atoms with Gasteiger partial charge in [0, 0.05) is 11.4 Å². The van der Waals surface area contributed by atoms with Gasteiger partial charge in [0.1, 0.15) is 0 Å². The van der Waals surface area contributed by atoms with Crippen LogP contribution in [0.25, 0.3) is 0 Å². The van der Waals surface area contributed by atoms with E-state index in [0.717, 1.165) is 0 Å². The van der Waals surface area contributed by atoms with E-state index in [1.807, 2.05) is 13.8 Å². The van der Waals surface area contributed by atoms with Crippen molar-refractivity contribution in [2.75, 3.05) is 17.2 Å². The Hall–Kier alpha value is -2.84. The van der Waals surface area contributed by atoms with Gasteiger partial charge in [-0.15, -0.1) is 12.4 Å². The second-order valence-electron chi connectivity index (χ2n) is 6.04. The average molecular weight is 395 g/mol. The molecule has 0 aliphatic carbocycles. The number of nitrogens with two attached hydrogens (primary N) is 1. The average Bonchev–Trinajstić information content (AvgIpc) is 3.15. The molecule has 2 aromatic rings. The third-order valence-electron chi connectivity index (χ3n) is 3.62. The molecule has 0 bridgehead atoms. The topological polar surface area (TPSA) is 126 Å². The number of hydrogen-bond acceptors (Lipinski definition) is 5. The SMILES string of the molecule is CC(C)[C@H](N)C(=O)NCC(=O)Nc1ccc(NC(=O)c2ccco2)cc1.Cl. The van der Waals surface area contributed by atoms with Gasteiger partial charge in [-0.25, -0.2) is 0 Å². The summed E-state index contributed by atoms with van der Waals surface area (Å²) < 4.78 is 5.01. The molecule has 1 aromatic heterocycles. The minimum absolute atomic E-state index is 0. The lowest BCUT2D eigenvalue weighted by molar-refractivity contribution is -0.125. The van der Waals surface area contributed by atoms with Crippen molar-refractivity contribution in [1.82, 2.24) is 5.32 Å². The van der Waals surface area contributed by atoms with Crippen molar-refractivity contribution in [3.05, 3.63) is 48.4 Å². The summed E-state index contributed by atoms with van der Waals surface area (Å²) in [6.45, 7) is 3.49. The monoisotopic (exact) mass is 394 g/mol. The Labute approximate surface area is 163 Å². The zero-order valence-electron chi connectivity index (χ0n) is 15.0. The van der Waals surface area contributed by atoms with Crippen LogP contribution in [0, 0.1) is 5.92 Å². The number of hydrogen-bond donors (Lipinski definition) is 4. The van der Waals surface area contributed by atoms with Gasteiger partial charge >= 0.3 is 0 Å². The molecule has 0 radical (unpaired) electrons. The maximum atomic E-state index is 11.9. The number of amides is 3. The second kappa shape index (κ2) is 10.3. The third-order valence-corrected chi connectivity index (χ3v) is 3.62. The van der Waals surface area contributed by atoms with E-state index in [1.165, 1.54) is 6.26 Å². The van der Waals surface area contributed by atoms with Crippen molar-refractivity contribution >= 4 is 41.5 Å². The Morgan fingerprint density at radius 2 is 1.63 bits per heavy atom. The van der Waals surface area contributed by atoms with E-state index in [1.54, 1.807) is 36.4 Å². The Balaban J connectivity index is 0.00000364. The van der Waals surface area contributed by atoms with Crippen LogP contribution in [0.15, 0.2) is 47.1 Å². The molecule has 27 heavy (non-hydrogen) atoms. The van der Waals surface area contributed by atoms with Crippen molar-refractivity contribution in [2.24, 2.45) is 11.7 Å². The lowest BCUT2D eigenvalue weighted by atomic mass is 10.1. The number of anilines is 2. The molecule has 1 aromatic carbocycles. The highest BCUT2D eigenvalue weighted by molar-refractivity contribution is 6.02. The van der Waals surface area contributed by atoms with Crippen molar-refractivity contribution in [2.45, 2.75) is 19.9 Å². The van der Waals surface area contributed by atoms with Gasteiger partial charge in [0.05, 0.1) is 18.8 Å². The van der Waals surface area contributed by atoms with E-state index in [4.69, 9.17) is 10.2 Å². The Bertz CT molecular complexity index is 760. The summed E-state index contributed by atoms with van der Waals surface area (Å²) in [6.07, 6.45) is 1.42. The Kier molecular flexibility index (Phi) is 8.50. The molecule has 5 N–H and O–H groups in total. The maximum Gasteiger partial charge on any atom is 0.291 e. The van der Waals surface area contributed by atoms with Gasteiger partial charge in [0.2, 0.25) is 11.8 Å². The number of rotatable bonds is 7. The first-order chi connectivity index (χ1) is 12.4. The van der Waals surface area contributed by atoms with Gasteiger partial charge < -0.3 is 26.1 Å². The molecule has 0 saturated heterocycles. The lowest BCUT2D eigenvalue weighted by Gasteiger charge is -2.15. The Morgan fingerprint density at radius 1 is 1.04 bits per heavy atom. The minimum atomic E-state index is -0.653. The first kappa shape index (κ1) is 22.2. The van der Waals surface area contributed by atoms with Crippen molar-refractivity contribution in [3.8, 4) is 0 Å². The van der Waals surface area contributed by atoms with Crippen LogP contribution in [0.3, 0.4) is 0 Å². The van der Waals surface area contributed by atoms with E-state index >= 15 is 0 Å². The van der Waals surface area contributed by atoms with Crippen LogP contribution in [0.5, 0.6) is 0 Å². The fourth-order valence-electron chi connectivity index (χ4n) is 2.03. The molecule has 0 unspecified atom stereocenters. The zero-order valence-corrected chi connectivity index (χ0v) is 15.8. The molecule has 0 aliphatic heterocycles. The molecule has 146 valence electrons. The van der Waals surface area contributed by atoms with Crippen LogP contribution in [-0.2, 0) is 9.59 Å². The molecule has 1 atom stereocenters. The predicted octanol–water partition coefficient (Wildman–Crippen LogP) is 1.99. The molecule has 0 spiro atoms. The van der Waals surface area contributed by atoms with E-state index < -0.39 is 6.04 Å². The highest BCUT2D eigenvalue weighted by Gasteiger charge is 2.17. The molecule has 0 fully saturated rings. The summed E-state index contributed by atoms with van der Waals surface area (Å²) >= 11 is 0. The van der Waals surface area contributed by atoms with Crippen LogP contribution in [-0.4, -0.2) is 30.3 Å². The standard InChI is InChI=1S/C18H22N4O4.ClH/c1-11(2)16(19)18(25)20-10-15(23)21-12-5-7-13(8-6-12)22-17(24)14-4-3-9-26-14;/h3-9,11,16H,10,19H2,1-2H3,(H,20,25)(H,21,23)(H,22,24);1H/t16-;/m0./s1. The molecule has 9 heteroatoms. The predicted molar refractivity (Wildman–Crippen MR) is 105 cm³/mol. The van der Waals surface area contributed by atoms with Crippen LogP contribution >= 0.6 is 12.4 Å². The first-order valence-corrected chi connectivity index (χ1v) is 8.15. The number of furan rings is 1. The van der Waals surface area contributed by atoms with E-state index in [9.17, 15) is 14.4 Å². The summed E-state index contributed by atoms with van der Waals surface area (Å²) in [5.74, 6) is -0.913. The summed E-state index contributed by atoms with van der Waals surface area (Å²) in [5, 5.41) is 7.81. The van der Waals surface area contributed by atoms with Gasteiger partial charge in [-0.3, -0.25) is 14.4 Å². The van der Waals surface area contributed by atoms with Crippen LogP contribution < -0.4 is 21.7 Å². The minimum Gasteiger partial charge on any atom is -0.459 e. The third kappa shape index (κ3) is 6.76. The molecular weight excluding hydrogens is 372 g/mol. The summed E-state index contributed by atoms with van der Waals surface area (Å²) in [5.41, 5.74) is 6.80. The molecule has 0 aliphatic rings. The number of carbonyl (C=O) groups is 3. The maximum absolute atomic E-state index is 11.9. The quantitative estimate of drug-likeness (QED) is 0.571. The van der Waals surface area contributed by atoms with Gasteiger partial charge in [0.15, 0.2) is 5.76 Å². The zero-order chi connectivity index (χ0) is 19.1. The lowest BCUT2D eigenvalue weighted by Crippen LogP contribution is -2.46. The van der Waals surface area contributed by atoms with Crippen molar-refractivity contribution < 1.29 is 18.8 Å². The summed E-state index contributed by atoms with van der Waals surface area (Å²) in [6, 6.07) is 9.09. The summed E-state index contributed by atoms with van der Waals surface area (Å²) in [7, 11) is 0. The smallest absolute Gasteiger partial charge is 0.291 e. The van der Waals surface area contributed by atoms with Crippen LogP contribution in [0.2, 0.25) is 0 Å². The normalized spacial score (nSPS) is 11.3. The van der Waals surface area contributed by atoms with E-state index in [-0.39, 0.29) is 48.4 Å². The molecule has 2 rings (SSSR count). The van der Waals surface area contributed by atoms with Gasteiger partial charge in [-0.2, -0.15) is 0 Å². The number of halogens is 1. The fourth-order valence-corrected chi connectivity index (χ4v) is 2.03. The highest BCUT2D eigenvalue weighted by Crippen LogP contribution is 2.14. The fraction of sp³-hybridized carbons (Fsp3) is 0.278. The molecule has 1 heterocycles. The van der Waals surface area contributed by atoms with Crippen LogP contribution in [0.1, 0.15) is 24.4 Å². The highest BCUT2D eigenvalue weighted by atomic mass is 35.5. The second-order valence-corrected chi connectivity index (χ2v) is 6.04. The van der Waals surface area contributed by atoms with Crippen molar-refractivity contribution in [3.63, 3.8) is 0 Å².